The molecule has 0 heterocycles. The van der Waals surface area contributed by atoms with E-state index in [-0.39, 0.29) is 6.61 Å². The van der Waals surface area contributed by atoms with Crippen LogP contribution in [0.3, 0.4) is 0 Å². The lowest BCUT2D eigenvalue weighted by Gasteiger charge is -2.13. The molecule has 0 aliphatic heterocycles. The summed E-state index contributed by atoms with van der Waals surface area (Å²) in [6.45, 7) is 4.50. The predicted octanol–water partition coefficient (Wildman–Crippen LogP) is 6.70. The molecule has 0 atom stereocenters. The van der Waals surface area contributed by atoms with E-state index in [2.05, 4.69) is 10.5 Å². The van der Waals surface area contributed by atoms with Crippen LogP contribution in [0.4, 0.5) is 0 Å². The summed E-state index contributed by atoms with van der Waals surface area (Å²) < 4.78 is 11.6. The first-order valence-corrected chi connectivity index (χ1v) is 10.9. The van der Waals surface area contributed by atoms with Gasteiger partial charge in [0.15, 0.2) is 11.5 Å². The minimum Gasteiger partial charge on any atom is -0.490 e. The van der Waals surface area contributed by atoms with Crippen molar-refractivity contribution in [1.29, 1.82) is 0 Å². The van der Waals surface area contributed by atoms with Crippen molar-refractivity contribution in [2.45, 2.75) is 20.5 Å². The number of hydrogen-bond acceptors (Lipinski definition) is 4. The quantitative estimate of drug-likeness (QED) is 0.282. The molecule has 1 N–H and O–H groups in total. The van der Waals surface area contributed by atoms with Crippen molar-refractivity contribution in [2.24, 2.45) is 5.10 Å². The summed E-state index contributed by atoms with van der Waals surface area (Å²) in [6, 6.07) is 15.8. The summed E-state index contributed by atoms with van der Waals surface area (Å²) in [7, 11) is 0. The average molecular weight is 492 g/mol. The smallest absolute Gasteiger partial charge is 0.272 e. The van der Waals surface area contributed by atoms with Gasteiger partial charge in [-0.3, -0.25) is 4.79 Å². The lowest BCUT2D eigenvalue weighted by atomic mass is 10.1. The van der Waals surface area contributed by atoms with Gasteiger partial charge < -0.3 is 9.47 Å². The van der Waals surface area contributed by atoms with E-state index in [1.165, 1.54) is 6.21 Å². The first-order valence-electron chi connectivity index (χ1n) is 9.80. The fraction of sp³-hybridized carbons (Fsp3) is 0.167. The number of aryl methyl sites for hydroxylation is 1. The summed E-state index contributed by atoms with van der Waals surface area (Å²) in [4.78, 5) is 12.3. The summed E-state index contributed by atoms with van der Waals surface area (Å²) >= 11 is 18.3. The van der Waals surface area contributed by atoms with E-state index in [1.54, 1.807) is 42.5 Å². The number of hydrogen-bond donors (Lipinski definition) is 1. The number of halogens is 3. The molecule has 5 nitrogen and oxygen atoms in total. The van der Waals surface area contributed by atoms with Crippen LogP contribution >= 0.6 is 34.8 Å². The maximum atomic E-state index is 12.3. The van der Waals surface area contributed by atoms with Gasteiger partial charge >= 0.3 is 0 Å². The third-order valence-electron chi connectivity index (χ3n) is 4.41. The summed E-state index contributed by atoms with van der Waals surface area (Å²) in [5, 5.41) is 5.49. The van der Waals surface area contributed by atoms with Gasteiger partial charge in [-0.15, -0.1) is 0 Å². The molecule has 0 saturated carbocycles. The standard InChI is InChI=1S/C24H21Cl3N2O3/c1-3-31-23-11-16(13-28-29-24(30)19-8-4-15(2)10-21(19)27)5-9-22(23)32-14-17-6-7-18(25)12-20(17)26/h4-13H,3,14H2,1-2H3,(H,29,30)/b28-13-. The zero-order valence-electron chi connectivity index (χ0n) is 17.5. The largest absolute Gasteiger partial charge is 0.490 e. The highest BCUT2D eigenvalue weighted by Crippen LogP contribution is 2.30. The van der Waals surface area contributed by atoms with Crippen molar-refractivity contribution in [3.8, 4) is 11.5 Å². The van der Waals surface area contributed by atoms with Crippen LogP contribution < -0.4 is 14.9 Å². The minimum absolute atomic E-state index is 0.261. The Bertz CT molecular complexity index is 1150. The first-order chi connectivity index (χ1) is 15.4. The van der Waals surface area contributed by atoms with E-state index in [0.29, 0.717) is 38.7 Å². The molecule has 0 spiro atoms. The van der Waals surface area contributed by atoms with Crippen LogP contribution in [-0.2, 0) is 6.61 Å². The number of nitrogens with zero attached hydrogens (tertiary/aromatic N) is 1. The van der Waals surface area contributed by atoms with Crippen LogP contribution in [0, 0.1) is 6.92 Å². The number of hydrazone groups is 1. The Morgan fingerprint density at radius 3 is 2.50 bits per heavy atom. The fourth-order valence-electron chi connectivity index (χ4n) is 2.82. The van der Waals surface area contributed by atoms with Gasteiger partial charge in [-0.05, 0) is 67.4 Å². The van der Waals surface area contributed by atoms with E-state index in [0.717, 1.165) is 16.7 Å². The molecule has 0 bridgehead atoms. The van der Waals surface area contributed by atoms with E-state index in [9.17, 15) is 4.79 Å². The van der Waals surface area contributed by atoms with Crippen molar-refractivity contribution >= 4 is 46.9 Å². The van der Waals surface area contributed by atoms with Crippen molar-refractivity contribution < 1.29 is 14.3 Å². The zero-order chi connectivity index (χ0) is 23.1. The third-order valence-corrected chi connectivity index (χ3v) is 5.31. The topological polar surface area (TPSA) is 59.9 Å². The number of benzene rings is 3. The molecule has 3 aromatic carbocycles. The van der Waals surface area contributed by atoms with E-state index in [1.807, 2.05) is 26.0 Å². The molecule has 0 aliphatic carbocycles. The molecule has 166 valence electrons. The SMILES string of the molecule is CCOc1cc(/C=N\NC(=O)c2ccc(C)cc2Cl)ccc1OCc1ccc(Cl)cc1Cl. The van der Waals surface area contributed by atoms with Crippen molar-refractivity contribution in [3.05, 3.63) is 91.9 Å². The minimum atomic E-state index is -0.393. The Morgan fingerprint density at radius 1 is 0.969 bits per heavy atom. The lowest BCUT2D eigenvalue weighted by molar-refractivity contribution is 0.0955. The normalized spacial score (nSPS) is 10.9. The fourth-order valence-corrected chi connectivity index (χ4v) is 3.60. The van der Waals surface area contributed by atoms with Crippen molar-refractivity contribution in [2.75, 3.05) is 6.61 Å². The van der Waals surface area contributed by atoms with Crippen LogP contribution in [0.1, 0.15) is 34.0 Å². The molecule has 0 aromatic heterocycles. The van der Waals surface area contributed by atoms with Crippen LogP contribution in [0.5, 0.6) is 11.5 Å². The van der Waals surface area contributed by atoms with Gasteiger partial charge in [-0.25, -0.2) is 5.43 Å². The van der Waals surface area contributed by atoms with E-state index in [4.69, 9.17) is 44.3 Å². The highest BCUT2D eigenvalue weighted by molar-refractivity contribution is 6.35. The Labute approximate surface area is 201 Å². The zero-order valence-corrected chi connectivity index (χ0v) is 19.8. The molecule has 0 aliphatic rings. The third kappa shape index (κ3) is 6.39. The molecule has 1 amide bonds. The van der Waals surface area contributed by atoms with Crippen molar-refractivity contribution in [3.63, 3.8) is 0 Å². The molecule has 0 unspecified atom stereocenters. The van der Waals surface area contributed by atoms with Crippen LogP contribution in [0.25, 0.3) is 0 Å². The molecule has 0 saturated heterocycles. The number of rotatable bonds is 8. The van der Waals surface area contributed by atoms with Crippen molar-refractivity contribution in [1.82, 2.24) is 5.43 Å². The summed E-state index contributed by atoms with van der Waals surface area (Å²) in [6.07, 6.45) is 1.52. The van der Waals surface area contributed by atoms with Gasteiger partial charge in [-0.2, -0.15) is 5.10 Å². The number of carbonyl (C=O) groups excluding carboxylic acids is 1. The maximum Gasteiger partial charge on any atom is 0.272 e. The first kappa shape index (κ1) is 23.9. The maximum absolute atomic E-state index is 12.3. The Morgan fingerprint density at radius 2 is 1.78 bits per heavy atom. The molecule has 8 heteroatoms. The van der Waals surface area contributed by atoms with E-state index < -0.39 is 5.91 Å². The van der Waals surface area contributed by atoms with Gasteiger partial charge in [-0.1, -0.05) is 46.9 Å². The predicted molar refractivity (Wildman–Crippen MR) is 130 cm³/mol. The van der Waals surface area contributed by atoms with Gasteiger partial charge in [0.2, 0.25) is 0 Å². The Hall–Kier alpha value is -2.73. The second-order valence-electron chi connectivity index (χ2n) is 6.85. The van der Waals surface area contributed by atoms with Gasteiger partial charge in [0.05, 0.1) is 23.4 Å². The molecule has 0 fully saturated rings. The van der Waals surface area contributed by atoms with Crippen LogP contribution in [0.15, 0.2) is 59.7 Å². The summed E-state index contributed by atoms with van der Waals surface area (Å²) in [5.74, 6) is 0.719. The van der Waals surface area contributed by atoms with Crippen LogP contribution in [-0.4, -0.2) is 18.7 Å². The summed E-state index contributed by atoms with van der Waals surface area (Å²) in [5.41, 5.74) is 5.34. The van der Waals surface area contributed by atoms with Gasteiger partial charge in [0, 0.05) is 15.6 Å². The highest BCUT2D eigenvalue weighted by Gasteiger charge is 2.10. The molecule has 3 rings (SSSR count). The second kappa shape index (κ2) is 11.2. The number of nitrogens with one attached hydrogen (secondary N) is 1. The van der Waals surface area contributed by atoms with Crippen LogP contribution in [0.2, 0.25) is 15.1 Å². The number of carbonyl (C=O) groups is 1. The van der Waals surface area contributed by atoms with E-state index >= 15 is 0 Å². The molecular weight excluding hydrogens is 471 g/mol. The second-order valence-corrected chi connectivity index (χ2v) is 8.10. The molecule has 0 radical (unpaired) electrons. The monoisotopic (exact) mass is 490 g/mol. The molecule has 32 heavy (non-hydrogen) atoms. The molecular formula is C24H21Cl3N2O3. The van der Waals surface area contributed by atoms with Gasteiger partial charge in [0.1, 0.15) is 6.61 Å². The Kier molecular flexibility index (Phi) is 8.39. The lowest BCUT2D eigenvalue weighted by Crippen LogP contribution is -2.18. The highest BCUT2D eigenvalue weighted by atomic mass is 35.5. The Balaban J connectivity index is 1.68. The number of ether oxygens (including phenoxy) is 2. The van der Waals surface area contributed by atoms with Gasteiger partial charge in [0.25, 0.3) is 5.91 Å². The average Bonchev–Trinajstić information content (AvgIpc) is 2.74. The molecule has 3 aromatic rings. The number of amides is 1.